The first-order valence-electron chi connectivity index (χ1n) is 9.44. The maximum atomic E-state index is 12.0. The van der Waals surface area contributed by atoms with Gasteiger partial charge in [0, 0.05) is 32.6 Å². The Balaban J connectivity index is 3.39. The summed E-state index contributed by atoms with van der Waals surface area (Å²) in [7, 11) is 0. The molecule has 0 radical (unpaired) electrons. The van der Waals surface area contributed by atoms with E-state index in [1.54, 1.807) is 4.90 Å². The van der Waals surface area contributed by atoms with Crippen molar-refractivity contribution in [2.75, 3.05) is 26.2 Å². The second-order valence-corrected chi connectivity index (χ2v) is 6.24. The molecule has 0 aromatic carbocycles. The minimum Gasteiger partial charge on any atom is -0.340 e. The molecule has 0 aromatic heterocycles. The van der Waals surface area contributed by atoms with E-state index in [-0.39, 0.29) is 5.91 Å². The quantitative estimate of drug-likeness (QED) is 0.429. The molecule has 0 aliphatic carbocycles. The molecule has 0 saturated carbocycles. The summed E-state index contributed by atoms with van der Waals surface area (Å²) in [6.07, 6.45) is 15.0. The van der Waals surface area contributed by atoms with Crippen molar-refractivity contribution in [3.8, 4) is 0 Å². The molecular weight excluding hydrogens is 274 g/mol. The van der Waals surface area contributed by atoms with E-state index in [2.05, 4.69) is 6.92 Å². The molecule has 0 bridgehead atoms. The van der Waals surface area contributed by atoms with E-state index in [1.807, 2.05) is 0 Å². The highest BCUT2D eigenvalue weighted by molar-refractivity contribution is 5.76. The molecule has 1 amide bonds. The summed E-state index contributed by atoms with van der Waals surface area (Å²) >= 11 is 0. The Morgan fingerprint density at radius 1 is 0.727 bits per heavy atom. The van der Waals surface area contributed by atoms with E-state index in [1.165, 1.54) is 64.2 Å². The fourth-order valence-corrected chi connectivity index (χ4v) is 2.77. The minimum absolute atomic E-state index is 0.215. The van der Waals surface area contributed by atoms with Crippen molar-refractivity contribution in [2.24, 2.45) is 11.5 Å². The third-order valence-electron chi connectivity index (χ3n) is 4.14. The van der Waals surface area contributed by atoms with Crippen molar-refractivity contribution in [2.45, 2.75) is 84.0 Å². The van der Waals surface area contributed by atoms with Crippen LogP contribution in [0.3, 0.4) is 0 Å². The number of nitrogens with two attached hydrogens (primary N) is 2. The van der Waals surface area contributed by atoms with Gasteiger partial charge in [-0.25, -0.2) is 0 Å². The van der Waals surface area contributed by atoms with Gasteiger partial charge in [0.15, 0.2) is 0 Å². The highest BCUT2D eigenvalue weighted by Gasteiger charge is 2.10. The van der Waals surface area contributed by atoms with Crippen LogP contribution in [0.25, 0.3) is 0 Å². The Labute approximate surface area is 138 Å². The molecule has 4 nitrogen and oxygen atoms in total. The first kappa shape index (κ1) is 21.4. The van der Waals surface area contributed by atoms with Gasteiger partial charge in [0.25, 0.3) is 0 Å². The molecule has 4 N–H and O–H groups in total. The molecule has 0 aromatic rings. The SMILES string of the molecule is CCCCCCCCCCCCCC(=O)N(CCN)CCN. The van der Waals surface area contributed by atoms with Crippen molar-refractivity contribution in [3.63, 3.8) is 0 Å². The fraction of sp³-hybridized carbons (Fsp3) is 0.944. The van der Waals surface area contributed by atoms with Crippen LogP contribution in [0.1, 0.15) is 84.0 Å². The molecule has 0 rings (SSSR count). The number of hydrogen-bond donors (Lipinski definition) is 2. The van der Waals surface area contributed by atoms with Gasteiger partial charge in [-0.2, -0.15) is 0 Å². The van der Waals surface area contributed by atoms with E-state index in [0.29, 0.717) is 32.6 Å². The van der Waals surface area contributed by atoms with Crippen molar-refractivity contribution >= 4 is 5.91 Å². The van der Waals surface area contributed by atoms with Crippen molar-refractivity contribution < 1.29 is 4.79 Å². The lowest BCUT2D eigenvalue weighted by Crippen LogP contribution is -2.38. The second-order valence-electron chi connectivity index (χ2n) is 6.24. The number of nitrogens with zero attached hydrogens (tertiary/aromatic N) is 1. The third-order valence-corrected chi connectivity index (χ3v) is 4.14. The number of carbonyl (C=O) groups excluding carboxylic acids is 1. The summed E-state index contributed by atoms with van der Waals surface area (Å²) in [4.78, 5) is 13.8. The van der Waals surface area contributed by atoms with Crippen LogP contribution in [0.4, 0.5) is 0 Å². The predicted molar refractivity (Wildman–Crippen MR) is 95.8 cm³/mol. The zero-order valence-electron chi connectivity index (χ0n) is 14.8. The lowest BCUT2D eigenvalue weighted by Gasteiger charge is -2.21. The summed E-state index contributed by atoms with van der Waals surface area (Å²) in [5.74, 6) is 0.215. The van der Waals surface area contributed by atoms with Gasteiger partial charge in [-0.05, 0) is 6.42 Å². The Kier molecular flexibility index (Phi) is 16.3. The highest BCUT2D eigenvalue weighted by Crippen LogP contribution is 2.12. The third kappa shape index (κ3) is 13.1. The predicted octanol–water partition coefficient (Wildman–Crippen LogP) is 3.43. The van der Waals surface area contributed by atoms with Crippen LogP contribution in [0.2, 0.25) is 0 Å². The van der Waals surface area contributed by atoms with E-state index in [0.717, 1.165) is 6.42 Å². The molecule has 0 aliphatic rings. The number of carbonyl (C=O) groups is 1. The van der Waals surface area contributed by atoms with Crippen LogP contribution in [-0.2, 0) is 4.79 Å². The molecule has 0 unspecified atom stereocenters. The molecular formula is C18H39N3O. The van der Waals surface area contributed by atoms with Gasteiger partial charge < -0.3 is 16.4 Å². The zero-order valence-corrected chi connectivity index (χ0v) is 14.8. The number of unbranched alkanes of at least 4 members (excludes halogenated alkanes) is 10. The molecule has 0 fully saturated rings. The normalized spacial score (nSPS) is 10.9. The largest absolute Gasteiger partial charge is 0.340 e. The molecule has 132 valence electrons. The Bertz CT molecular complexity index is 240. The summed E-state index contributed by atoms with van der Waals surface area (Å²) in [5, 5.41) is 0. The Morgan fingerprint density at radius 3 is 1.55 bits per heavy atom. The average molecular weight is 314 g/mol. The van der Waals surface area contributed by atoms with Crippen LogP contribution in [0, 0.1) is 0 Å². The van der Waals surface area contributed by atoms with Crippen LogP contribution < -0.4 is 11.5 Å². The summed E-state index contributed by atoms with van der Waals surface area (Å²) in [6, 6.07) is 0. The lowest BCUT2D eigenvalue weighted by atomic mass is 10.1. The van der Waals surface area contributed by atoms with Gasteiger partial charge in [0.05, 0.1) is 0 Å². The summed E-state index contributed by atoms with van der Waals surface area (Å²) < 4.78 is 0. The standard InChI is InChI=1S/C18H39N3O/c1-2-3-4-5-6-7-8-9-10-11-12-13-18(22)21(16-14-19)17-15-20/h2-17,19-20H2,1H3. The van der Waals surface area contributed by atoms with Gasteiger partial charge in [0.2, 0.25) is 5.91 Å². The zero-order chi connectivity index (χ0) is 16.5. The Morgan fingerprint density at radius 2 is 1.14 bits per heavy atom. The van der Waals surface area contributed by atoms with Crippen molar-refractivity contribution in [1.29, 1.82) is 0 Å². The fourth-order valence-electron chi connectivity index (χ4n) is 2.77. The maximum absolute atomic E-state index is 12.0. The van der Waals surface area contributed by atoms with Gasteiger partial charge in [-0.1, -0.05) is 71.1 Å². The van der Waals surface area contributed by atoms with Gasteiger partial charge in [0.1, 0.15) is 0 Å². The molecule has 0 aliphatic heterocycles. The van der Waals surface area contributed by atoms with E-state index in [4.69, 9.17) is 11.5 Å². The van der Waals surface area contributed by atoms with E-state index >= 15 is 0 Å². The topological polar surface area (TPSA) is 72.3 Å². The number of rotatable bonds is 16. The molecule has 0 atom stereocenters. The molecule has 22 heavy (non-hydrogen) atoms. The highest BCUT2D eigenvalue weighted by atomic mass is 16.2. The first-order chi connectivity index (χ1) is 10.8. The lowest BCUT2D eigenvalue weighted by molar-refractivity contribution is -0.131. The molecule has 4 heteroatoms. The monoisotopic (exact) mass is 313 g/mol. The van der Waals surface area contributed by atoms with Gasteiger partial charge >= 0.3 is 0 Å². The van der Waals surface area contributed by atoms with Crippen molar-refractivity contribution in [1.82, 2.24) is 4.90 Å². The van der Waals surface area contributed by atoms with Crippen molar-refractivity contribution in [3.05, 3.63) is 0 Å². The smallest absolute Gasteiger partial charge is 0.222 e. The van der Waals surface area contributed by atoms with E-state index < -0.39 is 0 Å². The Hall–Kier alpha value is -0.610. The van der Waals surface area contributed by atoms with Crippen LogP contribution >= 0.6 is 0 Å². The summed E-state index contributed by atoms with van der Waals surface area (Å²) in [5.41, 5.74) is 11.0. The molecule has 0 saturated heterocycles. The maximum Gasteiger partial charge on any atom is 0.222 e. The second kappa shape index (κ2) is 16.8. The molecule has 0 spiro atoms. The van der Waals surface area contributed by atoms with Crippen LogP contribution in [-0.4, -0.2) is 37.0 Å². The van der Waals surface area contributed by atoms with Crippen LogP contribution in [0.15, 0.2) is 0 Å². The average Bonchev–Trinajstić information content (AvgIpc) is 2.52. The summed E-state index contributed by atoms with van der Waals surface area (Å²) in [6.45, 7) is 4.56. The van der Waals surface area contributed by atoms with Gasteiger partial charge in [-0.3, -0.25) is 4.79 Å². The molecule has 0 heterocycles. The minimum atomic E-state index is 0.215. The number of amides is 1. The first-order valence-corrected chi connectivity index (χ1v) is 9.44. The van der Waals surface area contributed by atoms with Crippen LogP contribution in [0.5, 0.6) is 0 Å². The number of hydrogen-bond acceptors (Lipinski definition) is 3. The van der Waals surface area contributed by atoms with E-state index in [9.17, 15) is 4.79 Å². The van der Waals surface area contributed by atoms with Gasteiger partial charge in [-0.15, -0.1) is 0 Å².